The number of fused-ring (bicyclic) bond motifs is 2. The predicted molar refractivity (Wildman–Crippen MR) is 131 cm³/mol. The Morgan fingerprint density at radius 2 is 2.06 bits per heavy atom. The van der Waals surface area contributed by atoms with E-state index in [1.54, 1.807) is 24.3 Å². The van der Waals surface area contributed by atoms with Crippen molar-refractivity contribution in [2.75, 3.05) is 18.8 Å². The van der Waals surface area contributed by atoms with Crippen molar-refractivity contribution in [3.8, 4) is 0 Å². The molecule has 0 unspecified atom stereocenters. The van der Waals surface area contributed by atoms with Crippen LogP contribution in [0.3, 0.4) is 0 Å². The van der Waals surface area contributed by atoms with Gasteiger partial charge in [0.1, 0.15) is 17.3 Å². The number of nitrogens with one attached hydrogen (secondary N) is 1. The summed E-state index contributed by atoms with van der Waals surface area (Å²) in [6, 6.07) is 9.85. The maximum Gasteiger partial charge on any atom is 0.302 e. The lowest BCUT2D eigenvalue weighted by Gasteiger charge is -2.32. The summed E-state index contributed by atoms with van der Waals surface area (Å²) in [5.74, 6) is -2.98. The SMILES string of the molecule is [2H]C([2H])([2H])N(C(=O)[C@H](O)c1ccc(F)cc1)[C@@H](CCCC)C(=O)N1C[C@]2(C[C@H]1[N+]#[C-])C(=O)Nc1ccccc12. The molecule has 1 fully saturated rings. The van der Waals surface area contributed by atoms with E-state index in [9.17, 15) is 23.9 Å². The van der Waals surface area contributed by atoms with Crippen LogP contribution in [0.2, 0.25) is 0 Å². The molecule has 0 saturated carbocycles. The molecule has 1 saturated heterocycles. The number of unbranched alkanes of at least 4 members (excludes halogenated alkanes) is 1. The topological polar surface area (TPSA) is 94.3 Å². The normalized spacial score (nSPS) is 23.6. The molecule has 2 N–H and O–H groups in total. The first-order valence-corrected chi connectivity index (χ1v) is 11.8. The van der Waals surface area contributed by atoms with E-state index in [1.807, 2.05) is 6.92 Å². The molecular weight excluding hydrogens is 463 g/mol. The average Bonchev–Trinajstić information content (AvgIpc) is 3.43. The van der Waals surface area contributed by atoms with Gasteiger partial charge in [-0.3, -0.25) is 24.1 Å². The number of amides is 3. The number of halogens is 1. The number of hydrogen-bond acceptors (Lipinski definition) is 4. The van der Waals surface area contributed by atoms with Crippen molar-refractivity contribution in [3.05, 3.63) is 76.9 Å². The minimum Gasteiger partial charge on any atom is -0.378 e. The number of anilines is 1. The van der Waals surface area contributed by atoms with E-state index < -0.39 is 48.3 Å². The summed E-state index contributed by atoms with van der Waals surface area (Å²) in [5, 5.41) is 13.6. The molecule has 0 aliphatic carbocycles. The van der Waals surface area contributed by atoms with Crippen LogP contribution in [-0.2, 0) is 19.8 Å². The van der Waals surface area contributed by atoms with Gasteiger partial charge in [0, 0.05) is 23.3 Å². The second kappa shape index (κ2) is 10.1. The first-order valence-electron chi connectivity index (χ1n) is 13.3. The number of aliphatic hydroxyl groups is 1. The zero-order valence-corrected chi connectivity index (χ0v) is 19.8. The zero-order valence-electron chi connectivity index (χ0n) is 22.8. The van der Waals surface area contributed by atoms with Crippen LogP contribution in [0.4, 0.5) is 10.1 Å². The molecule has 0 bridgehead atoms. The number of aliphatic hydroxyl groups excluding tert-OH is 1. The standard InChI is InChI=1S/C27H29FN4O4/c1-4-5-10-21(31(3)25(35)23(33)17-11-13-18(28)14-12-17)24(34)32-16-27(15-22(32)29-2)19-8-6-7-9-20(19)30-26(27)36/h6-9,11-14,21-23,33H,4-5,10,15-16H2,1,3H3,(H,30,36)/t21-,22-,23+,27-/m0/s1/i3D3. The molecule has 188 valence electrons. The summed E-state index contributed by atoms with van der Waals surface area (Å²) in [5.41, 5.74) is 0.0271. The van der Waals surface area contributed by atoms with Gasteiger partial charge in [0.05, 0.1) is 6.42 Å². The lowest BCUT2D eigenvalue weighted by molar-refractivity contribution is -0.150. The molecule has 3 amide bonds. The summed E-state index contributed by atoms with van der Waals surface area (Å²) in [4.78, 5) is 45.8. The van der Waals surface area contributed by atoms with Crippen molar-refractivity contribution in [1.82, 2.24) is 9.80 Å². The van der Waals surface area contributed by atoms with E-state index in [1.165, 1.54) is 4.90 Å². The highest BCUT2D eigenvalue weighted by molar-refractivity contribution is 6.07. The third-order valence-electron chi connectivity index (χ3n) is 6.97. The van der Waals surface area contributed by atoms with Crippen molar-refractivity contribution in [2.45, 2.75) is 56.3 Å². The van der Waals surface area contributed by atoms with Crippen molar-refractivity contribution < 1.29 is 28.0 Å². The number of carbonyl (C=O) groups is 3. The number of likely N-dealkylation sites (tertiary alicyclic amines) is 1. The second-order valence-electron chi connectivity index (χ2n) is 9.18. The summed E-state index contributed by atoms with van der Waals surface area (Å²) in [6.45, 7) is 6.31. The van der Waals surface area contributed by atoms with E-state index >= 15 is 0 Å². The maximum atomic E-state index is 14.1. The van der Waals surface area contributed by atoms with Crippen molar-refractivity contribution in [3.63, 3.8) is 0 Å². The van der Waals surface area contributed by atoms with E-state index in [0.717, 1.165) is 24.3 Å². The minimum atomic E-state index is -3.12. The van der Waals surface area contributed by atoms with Crippen LogP contribution in [0.25, 0.3) is 4.85 Å². The van der Waals surface area contributed by atoms with Crippen LogP contribution >= 0.6 is 0 Å². The van der Waals surface area contributed by atoms with Gasteiger partial charge < -0.3 is 15.3 Å². The fourth-order valence-corrected chi connectivity index (χ4v) is 4.98. The number of nitrogens with zero attached hydrogens (tertiary/aromatic N) is 3. The lowest BCUT2D eigenvalue weighted by Crippen LogP contribution is -2.52. The molecule has 4 rings (SSSR count). The average molecular weight is 496 g/mol. The van der Waals surface area contributed by atoms with E-state index in [4.69, 9.17) is 10.7 Å². The molecule has 8 nitrogen and oxygen atoms in total. The molecule has 0 radical (unpaired) electrons. The summed E-state index contributed by atoms with van der Waals surface area (Å²) < 4.78 is 37.7. The van der Waals surface area contributed by atoms with Crippen LogP contribution < -0.4 is 5.32 Å². The van der Waals surface area contributed by atoms with Crippen LogP contribution in [0.5, 0.6) is 0 Å². The largest absolute Gasteiger partial charge is 0.378 e. The maximum absolute atomic E-state index is 14.1. The Labute approximate surface area is 213 Å². The molecule has 4 atom stereocenters. The lowest BCUT2D eigenvalue weighted by atomic mass is 9.80. The van der Waals surface area contributed by atoms with Gasteiger partial charge in [-0.2, -0.15) is 0 Å². The monoisotopic (exact) mass is 495 g/mol. The third-order valence-corrected chi connectivity index (χ3v) is 6.97. The molecule has 9 heteroatoms. The number of rotatable bonds is 7. The first kappa shape index (κ1) is 21.5. The Morgan fingerprint density at radius 1 is 1.33 bits per heavy atom. The molecule has 36 heavy (non-hydrogen) atoms. The fraction of sp³-hybridized carbons (Fsp3) is 0.407. The van der Waals surface area contributed by atoms with Gasteiger partial charge >= 0.3 is 6.17 Å². The summed E-state index contributed by atoms with van der Waals surface area (Å²) in [7, 11) is 0. The number of benzene rings is 2. The van der Waals surface area contributed by atoms with E-state index in [0.29, 0.717) is 29.0 Å². The Bertz CT molecular complexity index is 1310. The highest BCUT2D eigenvalue weighted by Gasteiger charge is 2.59. The quantitative estimate of drug-likeness (QED) is 0.577. The molecule has 2 aromatic rings. The van der Waals surface area contributed by atoms with Gasteiger partial charge in [-0.15, -0.1) is 0 Å². The smallest absolute Gasteiger partial charge is 0.302 e. The second-order valence-corrected chi connectivity index (χ2v) is 9.18. The van der Waals surface area contributed by atoms with E-state index in [2.05, 4.69) is 10.2 Å². The molecule has 0 aromatic heterocycles. The van der Waals surface area contributed by atoms with Crippen LogP contribution in [0.1, 0.15) is 54.0 Å². The van der Waals surface area contributed by atoms with Crippen LogP contribution in [0, 0.1) is 12.4 Å². The Kier molecular flexibility index (Phi) is 6.02. The molecule has 2 aliphatic heterocycles. The van der Waals surface area contributed by atoms with Gasteiger partial charge in [-0.05, 0) is 35.7 Å². The third kappa shape index (κ3) is 4.33. The predicted octanol–water partition coefficient (Wildman–Crippen LogP) is 3.24. The highest BCUT2D eigenvalue weighted by Crippen LogP contribution is 2.47. The van der Waals surface area contributed by atoms with Gasteiger partial charge in [-0.1, -0.05) is 50.1 Å². The van der Waals surface area contributed by atoms with Crippen molar-refractivity contribution >= 4 is 23.4 Å². The van der Waals surface area contributed by atoms with Crippen LogP contribution in [-0.4, -0.2) is 58.4 Å². The van der Waals surface area contributed by atoms with Gasteiger partial charge in [0.25, 0.3) is 11.8 Å². The van der Waals surface area contributed by atoms with Gasteiger partial charge in [0.15, 0.2) is 6.10 Å². The minimum absolute atomic E-state index is 0.0193. The first-order chi connectivity index (χ1) is 18.4. The molecule has 2 heterocycles. The number of hydrogen-bond donors (Lipinski definition) is 2. The molecule has 1 spiro atoms. The van der Waals surface area contributed by atoms with Crippen molar-refractivity contribution in [1.29, 1.82) is 0 Å². The molecule has 2 aliphatic rings. The van der Waals surface area contributed by atoms with E-state index in [-0.39, 0.29) is 30.9 Å². The number of para-hydroxylation sites is 1. The van der Waals surface area contributed by atoms with Crippen molar-refractivity contribution in [2.24, 2.45) is 0 Å². The fourth-order valence-electron chi connectivity index (χ4n) is 4.98. The Balaban J connectivity index is 1.71. The zero-order chi connectivity index (χ0) is 28.5. The summed E-state index contributed by atoms with van der Waals surface area (Å²) in [6.07, 6.45) is -2.07. The Hall–Kier alpha value is -3.77. The number of carbonyl (C=O) groups excluding carboxylic acids is 3. The highest BCUT2D eigenvalue weighted by atomic mass is 19.1. The summed E-state index contributed by atoms with van der Waals surface area (Å²) >= 11 is 0. The number of likely N-dealkylation sites (N-methyl/N-ethyl adjacent to an activating group) is 1. The van der Waals surface area contributed by atoms with Gasteiger partial charge in [0.2, 0.25) is 5.91 Å². The Morgan fingerprint density at radius 3 is 2.72 bits per heavy atom. The molecule has 2 aromatic carbocycles. The van der Waals surface area contributed by atoms with Gasteiger partial charge in [-0.25, -0.2) is 11.0 Å². The van der Waals surface area contributed by atoms with Crippen LogP contribution in [0.15, 0.2) is 48.5 Å². The molecular formula is C27H29FN4O4.